The third kappa shape index (κ3) is 5.46. The minimum absolute atomic E-state index is 0.0733. The van der Waals surface area contributed by atoms with Gasteiger partial charge in [-0.15, -0.1) is 10.2 Å². The smallest absolute Gasteiger partial charge is 0.257 e. The first-order valence-corrected chi connectivity index (χ1v) is 7.84. The highest BCUT2D eigenvalue weighted by atomic mass is 32.1. The van der Waals surface area contributed by atoms with E-state index in [0.717, 1.165) is 0 Å². The predicted molar refractivity (Wildman–Crippen MR) is 85.2 cm³/mol. The molecule has 0 unspecified atom stereocenters. The first kappa shape index (κ1) is 17.1. The molecule has 8 nitrogen and oxygen atoms in total. The van der Waals surface area contributed by atoms with Crippen molar-refractivity contribution in [3.05, 3.63) is 23.2 Å². The van der Waals surface area contributed by atoms with Crippen LogP contribution in [0.1, 0.15) is 24.2 Å². The first-order valence-electron chi connectivity index (χ1n) is 6.96. The average Bonchev–Trinajstić information content (AvgIpc) is 2.99. The zero-order valence-corrected chi connectivity index (χ0v) is 13.9. The van der Waals surface area contributed by atoms with E-state index in [1.807, 2.05) is 13.8 Å². The molecule has 2 aromatic rings. The summed E-state index contributed by atoms with van der Waals surface area (Å²) in [6.07, 6.45) is -0.0733. The van der Waals surface area contributed by atoms with Crippen molar-refractivity contribution in [2.75, 3.05) is 25.6 Å². The van der Waals surface area contributed by atoms with Crippen LogP contribution in [-0.2, 0) is 4.74 Å². The number of ether oxygens (including phenoxy) is 3. The molecular weight excluding hydrogens is 320 g/mol. The lowest BCUT2D eigenvalue weighted by Gasteiger charge is -2.12. The molecule has 9 heteroatoms. The van der Waals surface area contributed by atoms with Gasteiger partial charge in [0.1, 0.15) is 12.1 Å². The Morgan fingerprint density at radius 2 is 2.09 bits per heavy atom. The summed E-state index contributed by atoms with van der Waals surface area (Å²) >= 11 is 1.23. The van der Waals surface area contributed by atoms with Crippen molar-refractivity contribution >= 4 is 22.4 Å². The largest absolute Gasteiger partial charge is 0.475 e. The van der Waals surface area contributed by atoms with E-state index in [0.29, 0.717) is 35.7 Å². The second kappa shape index (κ2) is 8.39. The standard InChI is InChI=1S/C14H18N4O4S/c1-9(2)22-12-7-10(6-11(16-12)21-5-4-20-3)13(19)17-14-18-15-8-23-14/h6-9H,4-5H2,1-3H3,(H,17,18,19). The molecule has 2 heterocycles. The number of carbonyl (C=O) groups excluding carboxylic acids is 1. The number of hydrogen-bond acceptors (Lipinski definition) is 8. The second-order valence-electron chi connectivity index (χ2n) is 4.74. The van der Waals surface area contributed by atoms with Gasteiger partial charge in [0, 0.05) is 19.2 Å². The summed E-state index contributed by atoms with van der Waals surface area (Å²) in [5.41, 5.74) is 1.90. The van der Waals surface area contributed by atoms with E-state index < -0.39 is 0 Å². The van der Waals surface area contributed by atoms with Crippen LogP contribution in [0.2, 0.25) is 0 Å². The van der Waals surface area contributed by atoms with Crippen LogP contribution in [0.5, 0.6) is 11.8 Å². The van der Waals surface area contributed by atoms with Crippen LogP contribution in [0.4, 0.5) is 5.13 Å². The van der Waals surface area contributed by atoms with E-state index in [-0.39, 0.29) is 12.0 Å². The first-order chi connectivity index (χ1) is 11.1. The Kier molecular flexibility index (Phi) is 6.24. The van der Waals surface area contributed by atoms with Gasteiger partial charge in [-0.2, -0.15) is 4.98 Å². The van der Waals surface area contributed by atoms with Crippen molar-refractivity contribution in [3.8, 4) is 11.8 Å². The summed E-state index contributed by atoms with van der Waals surface area (Å²) in [6, 6.07) is 3.10. The quantitative estimate of drug-likeness (QED) is 0.735. The van der Waals surface area contributed by atoms with Crippen molar-refractivity contribution < 1.29 is 19.0 Å². The average molecular weight is 338 g/mol. The molecule has 0 aliphatic rings. The predicted octanol–water partition coefficient (Wildman–Crippen LogP) is 2.00. The molecule has 0 spiro atoms. The molecule has 0 bridgehead atoms. The molecule has 1 N–H and O–H groups in total. The normalized spacial score (nSPS) is 10.6. The fraction of sp³-hybridized carbons (Fsp3) is 0.429. The number of nitrogens with one attached hydrogen (secondary N) is 1. The van der Waals surface area contributed by atoms with Crippen LogP contribution in [-0.4, -0.2) is 47.5 Å². The Bertz CT molecular complexity index is 634. The minimum atomic E-state index is -0.339. The number of pyridine rings is 1. The zero-order valence-electron chi connectivity index (χ0n) is 13.1. The number of amides is 1. The van der Waals surface area contributed by atoms with Gasteiger partial charge in [0.25, 0.3) is 5.91 Å². The van der Waals surface area contributed by atoms with Gasteiger partial charge in [-0.25, -0.2) is 0 Å². The molecule has 0 saturated heterocycles. The Labute approximate surface area is 137 Å². The van der Waals surface area contributed by atoms with Crippen molar-refractivity contribution in [2.24, 2.45) is 0 Å². The van der Waals surface area contributed by atoms with Crippen molar-refractivity contribution in [1.29, 1.82) is 0 Å². The molecule has 0 aliphatic heterocycles. The topological polar surface area (TPSA) is 95.5 Å². The molecule has 0 aromatic carbocycles. The van der Waals surface area contributed by atoms with Gasteiger partial charge in [0.15, 0.2) is 0 Å². The number of anilines is 1. The highest BCUT2D eigenvalue weighted by Crippen LogP contribution is 2.20. The maximum absolute atomic E-state index is 12.3. The number of aromatic nitrogens is 3. The zero-order chi connectivity index (χ0) is 16.7. The third-order valence-corrected chi connectivity index (χ3v) is 3.12. The lowest BCUT2D eigenvalue weighted by atomic mass is 10.2. The van der Waals surface area contributed by atoms with Crippen molar-refractivity contribution in [1.82, 2.24) is 15.2 Å². The summed E-state index contributed by atoms with van der Waals surface area (Å²) < 4.78 is 16.0. The molecule has 0 aliphatic carbocycles. The molecule has 23 heavy (non-hydrogen) atoms. The number of hydrogen-bond donors (Lipinski definition) is 1. The molecule has 0 saturated carbocycles. The van der Waals surface area contributed by atoms with Gasteiger partial charge in [-0.3, -0.25) is 10.1 Å². The van der Waals surface area contributed by atoms with Crippen LogP contribution in [0.3, 0.4) is 0 Å². The lowest BCUT2D eigenvalue weighted by Crippen LogP contribution is -2.15. The number of rotatable bonds is 8. The van der Waals surface area contributed by atoms with E-state index in [1.165, 1.54) is 16.8 Å². The van der Waals surface area contributed by atoms with E-state index in [2.05, 4.69) is 20.5 Å². The van der Waals surface area contributed by atoms with Gasteiger partial charge < -0.3 is 14.2 Å². The maximum atomic E-state index is 12.3. The number of methoxy groups -OCH3 is 1. The molecule has 0 radical (unpaired) electrons. The van der Waals surface area contributed by atoms with Crippen LogP contribution >= 0.6 is 11.3 Å². The van der Waals surface area contributed by atoms with Gasteiger partial charge in [-0.1, -0.05) is 11.3 Å². The van der Waals surface area contributed by atoms with E-state index >= 15 is 0 Å². The van der Waals surface area contributed by atoms with E-state index in [9.17, 15) is 4.79 Å². The highest BCUT2D eigenvalue weighted by Gasteiger charge is 2.14. The summed E-state index contributed by atoms with van der Waals surface area (Å²) in [4.78, 5) is 16.5. The summed E-state index contributed by atoms with van der Waals surface area (Å²) in [7, 11) is 1.58. The van der Waals surface area contributed by atoms with Gasteiger partial charge in [-0.05, 0) is 13.8 Å². The molecule has 1 amide bonds. The van der Waals surface area contributed by atoms with Gasteiger partial charge >= 0.3 is 0 Å². The van der Waals surface area contributed by atoms with Crippen LogP contribution in [0.15, 0.2) is 17.6 Å². The molecule has 2 aromatic heterocycles. The Hall–Kier alpha value is -2.26. The minimum Gasteiger partial charge on any atom is -0.475 e. The maximum Gasteiger partial charge on any atom is 0.257 e. The van der Waals surface area contributed by atoms with Crippen molar-refractivity contribution in [2.45, 2.75) is 20.0 Å². The van der Waals surface area contributed by atoms with Crippen molar-refractivity contribution in [3.63, 3.8) is 0 Å². The molecule has 124 valence electrons. The third-order valence-electron chi connectivity index (χ3n) is 2.51. The SMILES string of the molecule is COCCOc1cc(C(=O)Nc2nncs2)cc(OC(C)C)n1. The molecular formula is C14H18N4O4S. The van der Waals surface area contributed by atoms with Gasteiger partial charge in [0.2, 0.25) is 16.9 Å². The fourth-order valence-corrected chi connectivity index (χ4v) is 2.05. The summed E-state index contributed by atoms with van der Waals surface area (Å²) in [6.45, 7) is 4.50. The number of carbonyl (C=O) groups is 1. The summed E-state index contributed by atoms with van der Waals surface area (Å²) in [5.74, 6) is 0.272. The Morgan fingerprint density at radius 3 is 2.74 bits per heavy atom. The van der Waals surface area contributed by atoms with Crippen LogP contribution in [0, 0.1) is 0 Å². The van der Waals surface area contributed by atoms with Gasteiger partial charge in [0.05, 0.1) is 18.3 Å². The second-order valence-corrected chi connectivity index (χ2v) is 5.57. The monoisotopic (exact) mass is 338 g/mol. The molecule has 0 atom stereocenters. The summed E-state index contributed by atoms with van der Waals surface area (Å²) in [5, 5.41) is 10.5. The molecule has 2 rings (SSSR count). The number of nitrogens with zero attached hydrogens (tertiary/aromatic N) is 3. The van der Waals surface area contributed by atoms with E-state index in [4.69, 9.17) is 14.2 Å². The Balaban J connectivity index is 2.18. The lowest BCUT2D eigenvalue weighted by molar-refractivity contribution is 0.102. The van der Waals surface area contributed by atoms with Crippen LogP contribution in [0.25, 0.3) is 0 Å². The van der Waals surface area contributed by atoms with E-state index in [1.54, 1.807) is 19.2 Å². The highest BCUT2D eigenvalue weighted by molar-refractivity contribution is 7.13. The molecule has 0 fully saturated rings. The van der Waals surface area contributed by atoms with Crippen LogP contribution < -0.4 is 14.8 Å². The Morgan fingerprint density at radius 1 is 1.30 bits per heavy atom. The fourth-order valence-electron chi connectivity index (χ4n) is 1.61.